The molecule has 3 atom stereocenters. The number of sulfonamides is 1. The van der Waals surface area contributed by atoms with Crippen LogP contribution >= 0.6 is 0 Å². The summed E-state index contributed by atoms with van der Waals surface area (Å²) in [6, 6.07) is 15.1. The topological polar surface area (TPSA) is 121 Å². The SMILES string of the molecule is COc1cccc(OC)c1-n1c(NS(=O)(=O)[C@@H](C)[C@H](C)c2ncc(C)cn2)nnc1[C@H](C)c1ccccc1. The lowest BCUT2D eigenvalue weighted by atomic mass is 10.0. The third-order valence-electron chi connectivity index (χ3n) is 6.64. The van der Waals surface area contributed by atoms with Crippen molar-refractivity contribution in [3.05, 3.63) is 83.7 Å². The Morgan fingerprint density at radius 3 is 2.05 bits per heavy atom. The number of aryl methyl sites for hydroxylation is 1. The number of nitrogens with zero attached hydrogens (tertiary/aromatic N) is 5. The lowest BCUT2D eigenvalue weighted by molar-refractivity contribution is 0.390. The van der Waals surface area contributed by atoms with Gasteiger partial charge >= 0.3 is 0 Å². The van der Waals surface area contributed by atoms with E-state index in [4.69, 9.17) is 9.47 Å². The van der Waals surface area contributed by atoms with E-state index in [1.54, 1.807) is 49.0 Å². The van der Waals surface area contributed by atoms with Crippen LogP contribution in [0.3, 0.4) is 0 Å². The van der Waals surface area contributed by atoms with Gasteiger partial charge in [-0.1, -0.05) is 50.2 Å². The molecule has 0 aliphatic carbocycles. The zero-order chi connectivity index (χ0) is 27.4. The number of ether oxygens (including phenoxy) is 2. The Morgan fingerprint density at radius 1 is 0.868 bits per heavy atom. The highest BCUT2D eigenvalue weighted by Crippen LogP contribution is 2.38. The Hall–Kier alpha value is -3.99. The van der Waals surface area contributed by atoms with E-state index in [2.05, 4.69) is 24.9 Å². The monoisotopic (exact) mass is 536 g/mol. The summed E-state index contributed by atoms with van der Waals surface area (Å²) in [5, 5.41) is 7.84. The molecule has 0 bridgehead atoms. The van der Waals surface area contributed by atoms with Crippen molar-refractivity contribution in [1.82, 2.24) is 24.7 Å². The van der Waals surface area contributed by atoms with Crippen molar-refractivity contribution < 1.29 is 17.9 Å². The number of methoxy groups -OCH3 is 2. The van der Waals surface area contributed by atoms with Crippen molar-refractivity contribution in [1.29, 1.82) is 0 Å². The second-order valence-electron chi connectivity index (χ2n) is 9.12. The first kappa shape index (κ1) is 27.1. The highest BCUT2D eigenvalue weighted by molar-refractivity contribution is 7.93. The molecule has 38 heavy (non-hydrogen) atoms. The van der Waals surface area contributed by atoms with Crippen LogP contribution in [-0.2, 0) is 10.0 Å². The number of hydrogen-bond acceptors (Lipinski definition) is 8. The van der Waals surface area contributed by atoms with E-state index < -0.39 is 21.2 Å². The second-order valence-corrected chi connectivity index (χ2v) is 11.2. The summed E-state index contributed by atoms with van der Waals surface area (Å²) >= 11 is 0. The number of hydrogen-bond donors (Lipinski definition) is 1. The van der Waals surface area contributed by atoms with Gasteiger partial charge in [-0.2, -0.15) is 0 Å². The first-order valence-corrected chi connectivity index (χ1v) is 13.7. The fourth-order valence-electron chi connectivity index (χ4n) is 4.14. The number of anilines is 1. The average Bonchev–Trinajstić information content (AvgIpc) is 3.34. The van der Waals surface area contributed by atoms with Gasteiger partial charge in [0.25, 0.3) is 0 Å². The number of nitrogens with one attached hydrogen (secondary N) is 1. The van der Waals surface area contributed by atoms with Crippen LogP contribution in [0.5, 0.6) is 11.5 Å². The first-order valence-electron chi connectivity index (χ1n) is 12.2. The van der Waals surface area contributed by atoms with Crippen LogP contribution in [0.2, 0.25) is 0 Å². The smallest absolute Gasteiger partial charge is 0.243 e. The number of benzene rings is 2. The molecule has 1 N–H and O–H groups in total. The fraction of sp³-hybridized carbons (Fsp3) is 0.333. The Kier molecular flexibility index (Phi) is 7.96. The molecule has 0 radical (unpaired) electrons. The Bertz CT molecular complexity index is 1470. The molecule has 0 saturated carbocycles. The zero-order valence-electron chi connectivity index (χ0n) is 22.3. The molecule has 2 aromatic heterocycles. The van der Waals surface area contributed by atoms with E-state index in [-0.39, 0.29) is 11.9 Å². The van der Waals surface area contributed by atoms with Gasteiger partial charge in [-0.15, -0.1) is 10.2 Å². The zero-order valence-corrected chi connectivity index (χ0v) is 23.1. The summed E-state index contributed by atoms with van der Waals surface area (Å²) in [4.78, 5) is 8.64. The van der Waals surface area contributed by atoms with Gasteiger partial charge in [0.15, 0.2) is 0 Å². The molecule has 200 valence electrons. The van der Waals surface area contributed by atoms with Crippen LogP contribution in [0.25, 0.3) is 5.69 Å². The van der Waals surface area contributed by atoms with Gasteiger partial charge in [0.2, 0.25) is 16.0 Å². The summed E-state index contributed by atoms with van der Waals surface area (Å²) in [6.07, 6.45) is 3.35. The molecule has 4 aromatic rings. The molecule has 0 aliphatic heterocycles. The van der Waals surface area contributed by atoms with Crippen LogP contribution in [0.4, 0.5) is 5.95 Å². The molecule has 0 spiro atoms. The van der Waals surface area contributed by atoms with Gasteiger partial charge in [0, 0.05) is 24.2 Å². The first-order chi connectivity index (χ1) is 18.2. The minimum absolute atomic E-state index is 0.0226. The maximum atomic E-state index is 13.6. The third kappa shape index (κ3) is 5.33. The normalized spacial score (nSPS) is 13.9. The second kappa shape index (κ2) is 11.2. The molecule has 0 unspecified atom stereocenters. The van der Waals surface area contributed by atoms with Crippen LogP contribution in [-0.4, -0.2) is 52.6 Å². The summed E-state index contributed by atoms with van der Waals surface area (Å²) in [7, 11) is -0.873. The predicted molar refractivity (Wildman–Crippen MR) is 146 cm³/mol. The van der Waals surface area contributed by atoms with Gasteiger partial charge < -0.3 is 9.47 Å². The summed E-state index contributed by atoms with van der Waals surface area (Å²) in [5.41, 5.74) is 2.37. The van der Waals surface area contributed by atoms with E-state index in [0.717, 1.165) is 11.1 Å². The minimum atomic E-state index is -3.95. The van der Waals surface area contributed by atoms with Crippen LogP contribution < -0.4 is 14.2 Å². The lowest BCUT2D eigenvalue weighted by Crippen LogP contribution is -2.31. The van der Waals surface area contributed by atoms with E-state index >= 15 is 0 Å². The minimum Gasteiger partial charge on any atom is -0.494 e. The third-order valence-corrected chi connectivity index (χ3v) is 8.49. The van der Waals surface area contributed by atoms with E-state index in [1.165, 1.54) is 14.2 Å². The average molecular weight is 537 g/mol. The highest BCUT2D eigenvalue weighted by Gasteiger charge is 2.33. The molecular weight excluding hydrogens is 504 g/mol. The van der Waals surface area contributed by atoms with Gasteiger partial charge in [-0.3, -0.25) is 9.29 Å². The van der Waals surface area contributed by atoms with Crippen molar-refractivity contribution in [3.8, 4) is 17.2 Å². The van der Waals surface area contributed by atoms with Crippen molar-refractivity contribution >= 4 is 16.0 Å². The molecule has 0 amide bonds. The van der Waals surface area contributed by atoms with Crippen molar-refractivity contribution in [2.24, 2.45) is 0 Å². The largest absolute Gasteiger partial charge is 0.494 e. The van der Waals surface area contributed by atoms with Crippen molar-refractivity contribution in [2.45, 2.75) is 44.8 Å². The van der Waals surface area contributed by atoms with E-state index in [9.17, 15) is 8.42 Å². The van der Waals surface area contributed by atoms with Gasteiger partial charge in [0.05, 0.1) is 19.5 Å². The standard InChI is InChI=1S/C27H32N6O4S/c1-17-15-28-25(29-16-17)18(2)20(4)38(34,35)32-27-31-30-26(19(3)21-11-8-7-9-12-21)33(27)24-22(36-5)13-10-14-23(24)37-6/h7-16,18-20H,1-6H3,(H,31,32)/t18-,19+,20-/m0/s1. The maximum absolute atomic E-state index is 13.6. The highest BCUT2D eigenvalue weighted by atomic mass is 32.2. The molecule has 0 saturated heterocycles. The summed E-state index contributed by atoms with van der Waals surface area (Å²) in [5.74, 6) is 1.22. The Balaban J connectivity index is 1.81. The molecular formula is C27H32N6O4S. The molecule has 11 heteroatoms. The van der Waals surface area contributed by atoms with Crippen molar-refractivity contribution in [2.75, 3.05) is 18.9 Å². The number of aromatic nitrogens is 5. The molecule has 2 aromatic carbocycles. The van der Waals surface area contributed by atoms with Crippen molar-refractivity contribution in [3.63, 3.8) is 0 Å². The number of para-hydroxylation sites is 1. The molecule has 0 aliphatic rings. The van der Waals surface area contributed by atoms with Crippen LogP contribution in [0.1, 0.15) is 55.4 Å². The predicted octanol–water partition coefficient (Wildman–Crippen LogP) is 4.47. The van der Waals surface area contributed by atoms with E-state index in [0.29, 0.717) is 28.8 Å². The molecule has 2 heterocycles. The Morgan fingerprint density at radius 2 is 1.47 bits per heavy atom. The van der Waals surface area contributed by atoms with Gasteiger partial charge in [-0.25, -0.2) is 18.4 Å². The maximum Gasteiger partial charge on any atom is 0.243 e. The van der Waals surface area contributed by atoms with Gasteiger partial charge in [-0.05, 0) is 37.1 Å². The molecule has 0 fully saturated rings. The summed E-state index contributed by atoms with van der Waals surface area (Å²) in [6.45, 7) is 7.26. The lowest BCUT2D eigenvalue weighted by Gasteiger charge is -2.22. The van der Waals surface area contributed by atoms with Crippen LogP contribution in [0, 0.1) is 6.92 Å². The Labute approximate surface area is 223 Å². The quantitative estimate of drug-likeness (QED) is 0.315. The molecule has 4 rings (SSSR count). The van der Waals surface area contributed by atoms with E-state index in [1.807, 2.05) is 44.2 Å². The number of rotatable bonds is 10. The molecule has 10 nitrogen and oxygen atoms in total. The van der Waals surface area contributed by atoms with Gasteiger partial charge in [0.1, 0.15) is 28.8 Å². The van der Waals surface area contributed by atoms with Crippen LogP contribution in [0.15, 0.2) is 60.9 Å². The summed E-state index contributed by atoms with van der Waals surface area (Å²) < 4.78 is 42.8. The fourth-order valence-corrected chi connectivity index (χ4v) is 5.37.